The highest BCUT2D eigenvalue weighted by Gasteiger charge is 2.18. The molecule has 0 saturated heterocycles. The highest BCUT2D eigenvalue weighted by atomic mass is 79.9. The van der Waals surface area contributed by atoms with Crippen LogP contribution in [0.1, 0.15) is 12.0 Å². The van der Waals surface area contributed by atoms with Crippen LogP contribution in [0.15, 0.2) is 44.4 Å². The van der Waals surface area contributed by atoms with E-state index in [2.05, 4.69) is 21.2 Å². The van der Waals surface area contributed by atoms with Gasteiger partial charge in [-0.15, -0.1) is 11.3 Å². The molecule has 5 nitrogen and oxygen atoms in total. The Morgan fingerprint density at radius 3 is 2.65 bits per heavy atom. The van der Waals surface area contributed by atoms with Gasteiger partial charge in [0, 0.05) is 18.5 Å². The average Bonchev–Trinajstić information content (AvgIpc) is 2.98. The van der Waals surface area contributed by atoms with E-state index in [1.165, 1.54) is 6.07 Å². The molecule has 0 bridgehead atoms. The Bertz CT molecular complexity index is 786. The number of halogens is 1. The van der Waals surface area contributed by atoms with Gasteiger partial charge in [-0.05, 0) is 34.1 Å². The Labute approximate surface area is 147 Å². The second-order valence-electron chi connectivity index (χ2n) is 4.72. The Balaban J connectivity index is 1.88. The van der Waals surface area contributed by atoms with Gasteiger partial charge in [-0.3, -0.25) is 4.79 Å². The van der Waals surface area contributed by atoms with E-state index >= 15 is 0 Å². The average molecular weight is 418 g/mol. The van der Waals surface area contributed by atoms with Crippen molar-refractivity contribution in [2.24, 2.45) is 0 Å². The molecule has 1 heterocycles. The van der Waals surface area contributed by atoms with Crippen molar-refractivity contribution in [1.82, 2.24) is 5.32 Å². The summed E-state index contributed by atoms with van der Waals surface area (Å²) in [5.41, 5.74) is 0.841. The van der Waals surface area contributed by atoms with Crippen molar-refractivity contribution in [2.45, 2.75) is 17.2 Å². The minimum atomic E-state index is -3.43. The third kappa shape index (κ3) is 5.05. The third-order valence-electron chi connectivity index (χ3n) is 3.12. The molecule has 0 saturated carbocycles. The SMILES string of the molecule is COc1ccccc1CNC(=O)CCS(=O)(=O)c1ccc(Br)s1. The van der Waals surface area contributed by atoms with Crippen molar-refractivity contribution >= 4 is 43.0 Å². The molecule has 1 aromatic carbocycles. The number of carbonyl (C=O) groups is 1. The number of carbonyl (C=O) groups excluding carboxylic acids is 1. The van der Waals surface area contributed by atoms with Crippen LogP contribution in [-0.4, -0.2) is 27.2 Å². The molecule has 23 heavy (non-hydrogen) atoms. The zero-order chi connectivity index (χ0) is 16.9. The number of nitrogens with one attached hydrogen (secondary N) is 1. The molecule has 1 N–H and O–H groups in total. The van der Waals surface area contributed by atoms with Crippen LogP contribution in [0, 0.1) is 0 Å². The van der Waals surface area contributed by atoms with Gasteiger partial charge >= 0.3 is 0 Å². The Hall–Kier alpha value is -1.38. The normalized spacial score (nSPS) is 11.2. The van der Waals surface area contributed by atoms with Crippen LogP contribution in [0.2, 0.25) is 0 Å². The van der Waals surface area contributed by atoms with E-state index < -0.39 is 9.84 Å². The molecule has 0 atom stereocenters. The maximum Gasteiger partial charge on any atom is 0.221 e. The fraction of sp³-hybridized carbons (Fsp3) is 0.267. The van der Waals surface area contributed by atoms with Gasteiger partial charge in [0.2, 0.25) is 5.91 Å². The van der Waals surface area contributed by atoms with Gasteiger partial charge < -0.3 is 10.1 Å². The number of rotatable bonds is 7. The van der Waals surface area contributed by atoms with E-state index in [1.54, 1.807) is 19.2 Å². The molecule has 2 rings (SSSR count). The molecule has 0 radical (unpaired) electrons. The zero-order valence-corrected chi connectivity index (χ0v) is 15.6. The number of hydrogen-bond acceptors (Lipinski definition) is 5. The van der Waals surface area contributed by atoms with Crippen LogP contribution < -0.4 is 10.1 Å². The number of thiophene rings is 1. The molecule has 1 aromatic heterocycles. The summed E-state index contributed by atoms with van der Waals surface area (Å²) in [7, 11) is -1.87. The van der Waals surface area contributed by atoms with E-state index in [0.717, 1.165) is 20.7 Å². The summed E-state index contributed by atoms with van der Waals surface area (Å²) in [5, 5.41) is 2.71. The smallest absolute Gasteiger partial charge is 0.221 e. The third-order valence-corrected chi connectivity index (χ3v) is 7.04. The first-order valence-corrected chi connectivity index (χ1v) is 10.1. The lowest BCUT2D eigenvalue weighted by Gasteiger charge is -2.09. The van der Waals surface area contributed by atoms with Gasteiger partial charge in [0.05, 0.1) is 16.6 Å². The van der Waals surface area contributed by atoms with Crippen LogP contribution in [0.5, 0.6) is 5.75 Å². The number of hydrogen-bond donors (Lipinski definition) is 1. The van der Waals surface area contributed by atoms with Crippen LogP contribution >= 0.6 is 27.3 Å². The maximum absolute atomic E-state index is 12.1. The molecule has 0 aliphatic carbocycles. The number of para-hydroxylation sites is 1. The lowest BCUT2D eigenvalue weighted by Crippen LogP contribution is -2.25. The molecule has 0 aliphatic rings. The molecule has 0 spiro atoms. The summed E-state index contributed by atoms with van der Waals surface area (Å²) < 4.78 is 30.4. The first-order valence-electron chi connectivity index (χ1n) is 6.79. The summed E-state index contributed by atoms with van der Waals surface area (Å²) in [6.45, 7) is 0.299. The van der Waals surface area contributed by atoms with Gasteiger partial charge in [-0.1, -0.05) is 18.2 Å². The molecule has 0 aliphatic heterocycles. The number of sulfone groups is 1. The van der Waals surface area contributed by atoms with E-state index in [-0.39, 0.29) is 22.3 Å². The number of benzene rings is 1. The van der Waals surface area contributed by atoms with Gasteiger partial charge in [0.15, 0.2) is 9.84 Å². The topological polar surface area (TPSA) is 72.5 Å². The number of methoxy groups -OCH3 is 1. The largest absolute Gasteiger partial charge is 0.496 e. The lowest BCUT2D eigenvalue weighted by atomic mass is 10.2. The molecule has 124 valence electrons. The highest BCUT2D eigenvalue weighted by Crippen LogP contribution is 2.27. The molecule has 1 amide bonds. The van der Waals surface area contributed by atoms with Gasteiger partial charge in [-0.2, -0.15) is 0 Å². The summed E-state index contributed by atoms with van der Waals surface area (Å²) in [6, 6.07) is 10.6. The van der Waals surface area contributed by atoms with Crippen molar-refractivity contribution in [3.8, 4) is 5.75 Å². The van der Waals surface area contributed by atoms with Gasteiger partial charge in [0.1, 0.15) is 9.96 Å². The predicted molar refractivity (Wildman–Crippen MR) is 93.5 cm³/mol. The van der Waals surface area contributed by atoms with Crippen molar-refractivity contribution in [2.75, 3.05) is 12.9 Å². The lowest BCUT2D eigenvalue weighted by molar-refractivity contribution is -0.120. The predicted octanol–water partition coefficient (Wildman–Crippen LogP) is 3.00. The Morgan fingerprint density at radius 1 is 1.26 bits per heavy atom. The number of amides is 1. The number of ether oxygens (including phenoxy) is 1. The summed E-state index contributed by atoms with van der Waals surface area (Å²) in [4.78, 5) is 11.9. The van der Waals surface area contributed by atoms with E-state index in [4.69, 9.17) is 4.74 Å². The molecule has 0 unspecified atom stereocenters. The summed E-state index contributed by atoms with van der Waals surface area (Å²) in [6.07, 6.45) is -0.0764. The van der Waals surface area contributed by atoms with Crippen molar-refractivity contribution < 1.29 is 17.9 Å². The molecular formula is C15H16BrNO4S2. The second-order valence-corrected chi connectivity index (χ2v) is 9.51. The zero-order valence-electron chi connectivity index (χ0n) is 12.4. The fourth-order valence-electron chi connectivity index (χ4n) is 1.92. The second kappa shape index (κ2) is 7.94. The van der Waals surface area contributed by atoms with Crippen molar-refractivity contribution in [3.63, 3.8) is 0 Å². The van der Waals surface area contributed by atoms with Crippen LogP contribution in [0.3, 0.4) is 0 Å². The quantitative estimate of drug-likeness (QED) is 0.751. The molecular weight excluding hydrogens is 402 g/mol. The van der Waals surface area contributed by atoms with E-state index in [1.807, 2.05) is 18.2 Å². The van der Waals surface area contributed by atoms with Crippen LogP contribution in [-0.2, 0) is 21.2 Å². The fourth-order valence-corrected chi connectivity index (χ4v) is 5.32. The van der Waals surface area contributed by atoms with Crippen molar-refractivity contribution in [1.29, 1.82) is 0 Å². The minimum absolute atomic E-state index is 0.0764. The van der Waals surface area contributed by atoms with E-state index in [0.29, 0.717) is 12.3 Å². The monoisotopic (exact) mass is 417 g/mol. The van der Waals surface area contributed by atoms with Gasteiger partial charge in [-0.25, -0.2) is 8.42 Å². The molecule has 0 fully saturated rings. The Morgan fingerprint density at radius 2 is 2.00 bits per heavy atom. The van der Waals surface area contributed by atoms with E-state index in [9.17, 15) is 13.2 Å². The molecule has 8 heteroatoms. The minimum Gasteiger partial charge on any atom is -0.496 e. The Kier molecular flexibility index (Phi) is 6.20. The first-order chi connectivity index (χ1) is 10.9. The standard InChI is InChI=1S/C15H16BrNO4S2/c1-21-12-5-3-2-4-11(12)10-17-14(18)8-9-23(19,20)15-7-6-13(16)22-15/h2-7H,8-10H2,1H3,(H,17,18). The summed E-state index contributed by atoms with van der Waals surface area (Å²) in [5.74, 6) is 0.163. The maximum atomic E-state index is 12.1. The summed E-state index contributed by atoms with van der Waals surface area (Å²) >= 11 is 4.37. The van der Waals surface area contributed by atoms with Crippen LogP contribution in [0.4, 0.5) is 0 Å². The highest BCUT2D eigenvalue weighted by molar-refractivity contribution is 9.11. The molecule has 2 aromatic rings. The van der Waals surface area contributed by atoms with Crippen LogP contribution in [0.25, 0.3) is 0 Å². The van der Waals surface area contributed by atoms with Crippen molar-refractivity contribution in [3.05, 3.63) is 45.7 Å². The van der Waals surface area contributed by atoms with Gasteiger partial charge in [0.25, 0.3) is 0 Å². The first kappa shape index (κ1) is 18.0.